The Morgan fingerprint density at radius 1 is 1.38 bits per heavy atom. The first-order valence-corrected chi connectivity index (χ1v) is 7.13. The Morgan fingerprint density at radius 3 is 2.86 bits per heavy atom. The summed E-state index contributed by atoms with van der Waals surface area (Å²) in [7, 11) is 0. The van der Waals surface area contributed by atoms with Crippen LogP contribution in [-0.2, 0) is 16.0 Å². The topological polar surface area (TPSA) is 79.3 Å². The van der Waals surface area contributed by atoms with E-state index >= 15 is 0 Å². The number of hydrogen-bond donors (Lipinski definition) is 2. The second-order valence-electron chi connectivity index (χ2n) is 4.39. The summed E-state index contributed by atoms with van der Waals surface area (Å²) in [6.45, 7) is 1.97. The molecule has 0 aliphatic heterocycles. The van der Waals surface area contributed by atoms with Gasteiger partial charge in [0.2, 0.25) is 5.91 Å². The molecular formula is C15H14N2O3S. The monoisotopic (exact) mass is 302 g/mol. The summed E-state index contributed by atoms with van der Waals surface area (Å²) < 4.78 is 0. The van der Waals surface area contributed by atoms with Gasteiger partial charge in [-0.05, 0) is 24.1 Å². The summed E-state index contributed by atoms with van der Waals surface area (Å²) in [5, 5.41) is 13.3. The molecule has 0 saturated heterocycles. The van der Waals surface area contributed by atoms with E-state index < -0.39 is 5.97 Å². The van der Waals surface area contributed by atoms with Gasteiger partial charge in [-0.2, -0.15) is 0 Å². The maximum Gasteiger partial charge on any atom is 0.309 e. The molecule has 0 fully saturated rings. The van der Waals surface area contributed by atoms with Crippen LogP contribution in [0.2, 0.25) is 0 Å². The molecule has 108 valence electrons. The number of carboxylic acid groups (broad SMARTS) is 1. The van der Waals surface area contributed by atoms with Crippen LogP contribution in [0, 0.1) is 6.92 Å². The first-order valence-electron chi connectivity index (χ1n) is 6.25. The summed E-state index contributed by atoms with van der Waals surface area (Å²) >= 11 is 1.20. The molecule has 1 aromatic carbocycles. The average molecular weight is 302 g/mol. The van der Waals surface area contributed by atoms with Gasteiger partial charge in [-0.15, -0.1) is 11.3 Å². The van der Waals surface area contributed by atoms with Crippen molar-refractivity contribution in [2.45, 2.75) is 13.3 Å². The zero-order chi connectivity index (χ0) is 15.2. The van der Waals surface area contributed by atoms with Gasteiger partial charge in [0.1, 0.15) is 0 Å². The minimum absolute atomic E-state index is 0.147. The molecule has 0 bridgehead atoms. The van der Waals surface area contributed by atoms with E-state index in [1.807, 2.05) is 31.2 Å². The van der Waals surface area contributed by atoms with Crippen LogP contribution < -0.4 is 5.32 Å². The summed E-state index contributed by atoms with van der Waals surface area (Å²) in [4.78, 5) is 26.4. The molecule has 5 nitrogen and oxygen atoms in total. The third-order valence-electron chi connectivity index (χ3n) is 2.72. The molecule has 0 aliphatic carbocycles. The SMILES string of the molecule is Cc1ccccc1/C=C/C(=O)Nc1nc(CC(=O)O)cs1. The van der Waals surface area contributed by atoms with Gasteiger partial charge >= 0.3 is 5.97 Å². The Labute approximate surface area is 126 Å². The molecule has 1 aromatic heterocycles. The van der Waals surface area contributed by atoms with Crippen LogP contribution >= 0.6 is 11.3 Å². The van der Waals surface area contributed by atoms with Crippen LogP contribution in [0.1, 0.15) is 16.8 Å². The predicted molar refractivity (Wildman–Crippen MR) is 82.3 cm³/mol. The molecule has 0 unspecified atom stereocenters. The number of aromatic nitrogens is 1. The largest absolute Gasteiger partial charge is 0.481 e. The number of nitrogens with one attached hydrogen (secondary N) is 1. The normalized spacial score (nSPS) is 10.7. The van der Waals surface area contributed by atoms with E-state index in [-0.39, 0.29) is 12.3 Å². The Hall–Kier alpha value is -2.47. The molecule has 1 heterocycles. The fraction of sp³-hybridized carbons (Fsp3) is 0.133. The van der Waals surface area contributed by atoms with Crippen molar-refractivity contribution in [1.82, 2.24) is 4.98 Å². The molecule has 2 N–H and O–H groups in total. The Balaban J connectivity index is 1.97. The molecule has 0 radical (unpaired) electrons. The molecular weight excluding hydrogens is 288 g/mol. The zero-order valence-electron chi connectivity index (χ0n) is 11.4. The first kappa shape index (κ1) is 14.9. The van der Waals surface area contributed by atoms with Gasteiger partial charge in [0.05, 0.1) is 12.1 Å². The molecule has 1 amide bonds. The number of aliphatic carboxylic acids is 1. The lowest BCUT2D eigenvalue weighted by Gasteiger charge is -1.99. The number of anilines is 1. The minimum atomic E-state index is -0.947. The van der Waals surface area contributed by atoms with Crippen LogP contribution in [0.25, 0.3) is 6.08 Å². The Kier molecular flexibility index (Phi) is 4.84. The molecule has 6 heteroatoms. The number of amides is 1. The highest BCUT2D eigenvalue weighted by Crippen LogP contribution is 2.16. The Morgan fingerprint density at radius 2 is 2.14 bits per heavy atom. The van der Waals surface area contributed by atoms with Crippen LogP contribution in [0.5, 0.6) is 0 Å². The van der Waals surface area contributed by atoms with E-state index in [1.165, 1.54) is 17.4 Å². The standard InChI is InChI=1S/C15H14N2O3S/c1-10-4-2-3-5-11(10)6-7-13(18)17-15-16-12(9-21-15)8-14(19)20/h2-7,9H,8H2,1H3,(H,19,20)(H,16,17,18)/b7-6+. The van der Waals surface area contributed by atoms with Crippen molar-refractivity contribution >= 4 is 34.4 Å². The number of rotatable bonds is 5. The Bertz CT molecular complexity index is 692. The molecule has 0 aliphatic rings. The number of aryl methyl sites for hydroxylation is 1. The molecule has 0 spiro atoms. The van der Waals surface area contributed by atoms with Crippen molar-refractivity contribution < 1.29 is 14.7 Å². The maximum absolute atomic E-state index is 11.8. The second-order valence-corrected chi connectivity index (χ2v) is 5.25. The highest BCUT2D eigenvalue weighted by Gasteiger charge is 2.07. The van der Waals surface area contributed by atoms with Gasteiger partial charge in [0, 0.05) is 11.5 Å². The molecule has 2 rings (SSSR count). The van der Waals surface area contributed by atoms with Gasteiger partial charge in [-0.1, -0.05) is 24.3 Å². The summed E-state index contributed by atoms with van der Waals surface area (Å²) in [5.41, 5.74) is 2.49. The van der Waals surface area contributed by atoms with E-state index in [1.54, 1.807) is 11.5 Å². The third-order valence-corrected chi connectivity index (χ3v) is 3.52. The highest BCUT2D eigenvalue weighted by atomic mass is 32.1. The van der Waals surface area contributed by atoms with Crippen LogP contribution in [0.3, 0.4) is 0 Å². The van der Waals surface area contributed by atoms with Crippen molar-refractivity contribution in [2.75, 3.05) is 5.32 Å². The minimum Gasteiger partial charge on any atom is -0.481 e. The maximum atomic E-state index is 11.8. The molecule has 0 atom stereocenters. The number of nitrogens with zero attached hydrogens (tertiary/aromatic N) is 1. The number of carboxylic acids is 1. The van der Waals surface area contributed by atoms with E-state index in [0.29, 0.717) is 10.8 Å². The van der Waals surface area contributed by atoms with Crippen molar-refractivity contribution in [3.05, 3.63) is 52.5 Å². The van der Waals surface area contributed by atoms with Gasteiger partial charge in [0.15, 0.2) is 5.13 Å². The fourth-order valence-corrected chi connectivity index (χ4v) is 2.40. The van der Waals surface area contributed by atoms with Crippen LogP contribution in [0.15, 0.2) is 35.7 Å². The number of carbonyl (C=O) groups is 2. The number of carbonyl (C=O) groups excluding carboxylic acids is 1. The summed E-state index contributed by atoms with van der Waals surface area (Å²) in [6, 6.07) is 7.74. The molecule has 0 saturated carbocycles. The number of hydrogen-bond acceptors (Lipinski definition) is 4. The number of thiazole rings is 1. The molecule has 2 aromatic rings. The quantitative estimate of drug-likeness (QED) is 0.832. The lowest BCUT2D eigenvalue weighted by Crippen LogP contribution is -2.08. The van der Waals surface area contributed by atoms with Gasteiger partial charge in [-0.3, -0.25) is 14.9 Å². The fourth-order valence-electron chi connectivity index (χ4n) is 1.69. The van der Waals surface area contributed by atoms with Crippen LogP contribution in [0.4, 0.5) is 5.13 Å². The lowest BCUT2D eigenvalue weighted by atomic mass is 10.1. The first-order chi connectivity index (χ1) is 10.0. The van der Waals surface area contributed by atoms with Gasteiger partial charge in [0.25, 0.3) is 0 Å². The smallest absolute Gasteiger partial charge is 0.309 e. The third kappa shape index (κ3) is 4.54. The van der Waals surface area contributed by atoms with E-state index in [4.69, 9.17) is 5.11 Å². The average Bonchev–Trinajstić information content (AvgIpc) is 2.84. The van der Waals surface area contributed by atoms with E-state index in [9.17, 15) is 9.59 Å². The van der Waals surface area contributed by atoms with E-state index in [2.05, 4.69) is 10.3 Å². The van der Waals surface area contributed by atoms with Crippen molar-refractivity contribution in [3.63, 3.8) is 0 Å². The van der Waals surface area contributed by atoms with Crippen molar-refractivity contribution in [3.8, 4) is 0 Å². The summed E-state index contributed by atoms with van der Waals surface area (Å²) in [5.74, 6) is -1.24. The van der Waals surface area contributed by atoms with Crippen molar-refractivity contribution in [1.29, 1.82) is 0 Å². The highest BCUT2D eigenvalue weighted by molar-refractivity contribution is 7.14. The molecule has 21 heavy (non-hydrogen) atoms. The van der Waals surface area contributed by atoms with E-state index in [0.717, 1.165) is 11.1 Å². The van der Waals surface area contributed by atoms with Gasteiger partial charge in [-0.25, -0.2) is 4.98 Å². The van der Waals surface area contributed by atoms with Crippen LogP contribution in [-0.4, -0.2) is 22.0 Å². The predicted octanol–water partition coefficient (Wildman–Crippen LogP) is 2.73. The van der Waals surface area contributed by atoms with Gasteiger partial charge < -0.3 is 5.11 Å². The zero-order valence-corrected chi connectivity index (χ0v) is 12.2. The van der Waals surface area contributed by atoms with Crippen molar-refractivity contribution in [2.24, 2.45) is 0 Å². The number of benzene rings is 1. The lowest BCUT2D eigenvalue weighted by molar-refractivity contribution is -0.136. The summed E-state index contributed by atoms with van der Waals surface area (Å²) in [6.07, 6.45) is 3.02. The second kappa shape index (κ2) is 6.81.